The Morgan fingerprint density at radius 2 is 2.24 bits per heavy atom. The molecule has 0 aliphatic carbocycles. The third-order valence-corrected chi connectivity index (χ3v) is 2.15. The number of carbonyl (C=O) groups is 1. The molecule has 1 atom stereocenters. The number of aliphatic hydroxyl groups excluding tert-OH is 1. The lowest BCUT2D eigenvalue weighted by molar-refractivity contribution is -0.385. The van der Waals surface area contributed by atoms with Crippen LogP contribution in [0.2, 0.25) is 0 Å². The molecule has 92 valence electrons. The Bertz CT molecular complexity index is 443. The van der Waals surface area contributed by atoms with E-state index in [-0.39, 0.29) is 17.8 Å². The number of rotatable bonds is 4. The van der Waals surface area contributed by atoms with Crippen LogP contribution in [0.5, 0.6) is 0 Å². The number of benzene rings is 1. The Hall–Kier alpha value is -1.95. The quantitative estimate of drug-likeness (QED) is 0.605. The molecule has 0 radical (unpaired) electrons. The summed E-state index contributed by atoms with van der Waals surface area (Å²) in [5.41, 5.74) is 0.534. The molecule has 6 heteroatoms. The van der Waals surface area contributed by atoms with Gasteiger partial charge in [-0.3, -0.25) is 14.9 Å². The third-order valence-electron chi connectivity index (χ3n) is 2.15. The van der Waals surface area contributed by atoms with E-state index in [0.29, 0.717) is 0 Å². The molecule has 0 fully saturated rings. The first-order valence-corrected chi connectivity index (χ1v) is 5.13. The fourth-order valence-corrected chi connectivity index (χ4v) is 1.33. The molecule has 0 heterocycles. The maximum atomic E-state index is 11.7. The van der Waals surface area contributed by atoms with Gasteiger partial charge in [0.25, 0.3) is 11.6 Å². The highest BCUT2D eigenvalue weighted by Gasteiger charge is 2.19. The van der Waals surface area contributed by atoms with Crippen LogP contribution < -0.4 is 5.32 Å². The monoisotopic (exact) mass is 238 g/mol. The molecule has 1 amide bonds. The number of nitro groups is 1. The van der Waals surface area contributed by atoms with E-state index in [2.05, 4.69) is 5.32 Å². The second-order valence-corrected chi connectivity index (χ2v) is 3.84. The average molecular weight is 238 g/mol. The van der Waals surface area contributed by atoms with Crippen LogP contribution in [-0.4, -0.2) is 28.6 Å². The van der Waals surface area contributed by atoms with E-state index in [4.69, 9.17) is 5.11 Å². The molecule has 1 rings (SSSR count). The minimum absolute atomic E-state index is 0.00986. The molecule has 0 unspecified atom stereocenters. The Labute approximate surface area is 98.4 Å². The Morgan fingerprint density at radius 3 is 2.76 bits per heavy atom. The van der Waals surface area contributed by atoms with Crippen molar-refractivity contribution in [2.45, 2.75) is 20.0 Å². The predicted molar refractivity (Wildman–Crippen MR) is 61.8 cm³/mol. The molecule has 0 aromatic heterocycles. The van der Waals surface area contributed by atoms with Gasteiger partial charge in [-0.2, -0.15) is 0 Å². The third kappa shape index (κ3) is 3.53. The lowest BCUT2D eigenvalue weighted by Gasteiger charge is -2.08. The van der Waals surface area contributed by atoms with E-state index >= 15 is 0 Å². The summed E-state index contributed by atoms with van der Waals surface area (Å²) >= 11 is 0. The number of nitrogens with one attached hydrogen (secondary N) is 1. The topological polar surface area (TPSA) is 92.5 Å². The molecule has 1 aromatic rings. The number of nitro benzene ring substituents is 1. The van der Waals surface area contributed by atoms with Gasteiger partial charge in [-0.25, -0.2) is 0 Å². The lowest BCUT2D eigenvalue weighted by Crippen LogP contribution is -2.31. The Balaban J connectivity index is 2.98. The first-order chi connectivity index (χ1) is 7.91. The summed E-state index contributed by atoms with van der Waals surface area (Å²) in [6.07, 6.45) is -0.692. The molecule has 0 saturated heterocycles. The van der Waals surface area contributed by atoms with Gasteiger partial charge < -0.3 is 10.4 Å². The highest BCUT2D eigenvalue weighted by atomic mass is 16.6. The van der Waals surface area contributed by atoms with E-state index in [1.807, 2.05) is 0 Å². The minimum Gasteiger partial charge on any atom is -0.392 e. The summed E-state index contributed by atoms with van der Waals surface area (Å²) in [5.74, 6) is -0.554. The number of carbonyl (C=O) groups excluding carboxylic acids is 1. The normalized spacial score (nSPS) is 11.9. The highest BCUT2D eigenvalue weighted by Crippen LogP contribution is 2.19. The summed E-state index contributed by atoms with van der Waals surface area (Å²) in [6.45, 7) is 3.32. The van der Waals surface area contributed by atoms with Gasteiger partial charge in [-0.15, -0.1) is 0 Å². The van der Waals surface area contributed by atoms with E-state index in [0.717, 1.165) is 5.56 Å². The van der Waals surface area contributed by atoms with Gasteiger partial charge in [0.1, 0.15) is 5.56 Å². The fourth-order valence-electron chi connectivity index (χ4n) is 1.33. The highest BCUT2D eigenvalue weighted by molar-refractivity contribution is 5.98. The van der Waals surface area contributed by atoms with Crippen molar-refractivity contribution in [3.8, 4) is 0 Å². The van der Waals surface area contributed by atoms with Crippen LogP contribution in [-0.2, 0) is 0 Å². The van der Waals surface area contributed by atoms with Crippen molar-refractivity contribution in [2.24, 2.45) is 0 Å². The number of hydrogen-bond donors (Lipinski definition) is 2. The van der Waals surface area contributed by atoms with Crippen molar-refractivity contribution >= 4 is 11.6 Å². The molecule has 0 aliphatic heterocycles. The average Bonchev–Trinajstić information content (AvgIpc) is 2.25. The van der Waals surface area contributed by atoms with Crippen LogP contribution in [0.15, 0.2) is 18.2 Å². The van der Waals surface area contributed by atoms with Crippen molar-refractivity contribution in [1.82, 2.24) is 5.32 Å². The van der Waals surface area contributed by atoms with E-state index in [1.165, 1.54) is 19.1 Å². The molecular formula is C11H14N2O4. The molecule has 0 bridgehead atoms. The molecule has 17 heavy (non-hydrogen) atoms. The van der Waals surface area contributed by atoms with Crippen LogP contribution >= 0.6 is 0 Å². The standard InChI is InChI=1S/C11H14N2O4/c1-7-3-4-10(13(16)17)9(5-7)11(15)12-6-8(2)14/h3-5,8,14H,6H2,1-2H3,(H,12,15)/t8-/m0/s1. The summed E-state index contributed by atoms with van der Waals surface area (Å²) in [7, 11) is 0. The second-order valence-electron chi connectivity index (χ2n) is 3.84. The number of amides is 1. The van der Waals surface area contributed by atoms with Gasteiger partial charge >= 0.3 is 0 Å². The SMILES string of the molecule is Cc1ccc([N+](=O)[O-])c(C(=O)NC[C@H](C)O)c1. The van der Waals surface area contributed by atoms with Gasteiger partial charge in [0.15, 0.2) is 0 Å². The molecule has 0 saturated carbocycles. The van der Waals surface area contributed by atoms with Gasteiger partial charge in [0.05, 0.1) is 11.0 Å². The summed E-state index contributed by atoms with van der Waals surface area (Å²) in [4.78, 5) is 21.9. The Morgan fingerprint density at radius 1 is 1.59 bits per heavy atom. The molecule has 6 nitrogen and oxygen atoms in total. The maximum absolute atomic E-state index is 11.7. The second kappa shape index (κ2) is 5.40. The zero-order valence-electron chi connectivity index (χ0n) is 9.64. The van der Waals surface area contributed by atoms with Gasteiger partial charge in [-0.1, -0.05) is 6.07 Å². The zero-order valence-corrected chi connectivity index (χ0v) is 9.64. The molecule has 1 aromatic carbocycles. The van der Waals surface area contributed by atoms with Crippen LogP contribution in [0.1, 0.15) is 22.8 Å². The molecular weight excluding hydrogens is 224 g/mol. The van der Waals surface area contributed by atoms with Crippen LogP contribution in [0.25, 0.3) is 0 Å². The predicted octanol–water partition coefficient (Wildman–Crippen LogP) is 1.01. The van der Waals surface area contributed by atoms with Crippen molar-refractivity contribution in [2.75, 3.05) is 6.54 Å². The van der Waals surface area contributed by atoms with Gasteiger partial charge in [-0.05, 0) is 25.5 Å². The van der Waals surface area contributed by atoms with Gasteiger partial charge in [0.2, 0.25) is 0 Å². The lowest BCUT2D eigenvalue weighted by atomic mass is 10.1. The number of aryl methyl sites for hydroxylation is 1. The number of nitrogens with zero attached hydrogens (tertiary/aromatic N) is 1. The fraction of sp³-hybridized carbons (Fsp3) is 0.364. The smallest absolute Gasteiger partial charge is 0.282 e. The minimum atomic E-state index is -0.692. The Kier molecular flexibility index (Phi) is 4.17. The maximum Gasteiger partial charge on any atom is 0.282 e. The van der Waals surface area contributed by atoms with E-state index < -0.39 is 16.9 Å². The van der Waals surface area contributed by atoms with Crippen molar-refractivity contribution < 1.29 is 14.8 Å². The summed E-state index contributed by atoms with van der Waals surface area (Å²) in [6, 6.07) is 4.33. The van der Waals surface area contributed by atoms with Crippen molar-refractivity contribution in [3.05, 3.63) is 39.4 Å². The summed E-state index contributed by atoms with van der Waals surface area (Å²) in [5, 5.41) is 22.2. The molecule has 0 spiro atoms. The van der Waals surface area contributed by atoms with Crippen molar-refractivity contribution in [3.63, 3.8) is 0 Å². The first-order valence-electron chi connectivity index (χ1n) is 5.13. The zero-order chi connectivity index (χ0) is 13.0. The first kappa shape index (κ1) is 13.1. The number of hydrogen-bond acceptors (Lipinski definition) is 4. The summed E-state index contributed by atoms with van der Waals surface area (Å²) < 4.78 is 0. The van der Waals surface area contributed by atoms with E-state index in [1.54, 1.807) is 13.0 Å². The molecule has 2 N–H and O–H groups in total. The van der Waals surface area contributed by atoms with Crippen LogP contribution in [0.3, 0.4) is 0 Å². The largest absolute Gasteiger partial charge is 0.392 e. The van der Waals surface area contributed by atoms with E-state index in [9.17, 15) is 14.9 Å². The van der Waals surface area contributed by atoms with Crippen LogP contribution in [0, 0.1) is 17.0 Å². The van der Waals surface area contributed by atoms with Gasteiger partial charge in [0, 0.05) is 12.6 Å². The van der Waals surface area contributed by atoms with Crippen molar-refractivity contribution in [1.29, 1.82) is 0 Å². The number of aliphatic hydroxyl groups is 1. The molecule has 0 aliphatic rings. The van der Waals surface area contributed by atoms with Crippen LogP contribution in [0.4, 0.5) is 5.69 Å².